The Hall–Kier alpha value is -1.22. The number of halogens is 3. The molecule has 1 atom stereocenters. The molecule has 1 rings (SSSR count). The van der Waals surface area contributed by atoms with E-state index in [0.29, 0.717) is 0 Å². The van der Waals surface area contributed by atoms with Gasteiger partial charge in [-0.25, -0.2) is 0 Å². The molecule has 0 amide bonds. The van der Waals surface area contributed by atoms with Crippen LogP contribution in [0.4, 0.5) is 8.78 Å². The Kier molecular flexibility index (Phi) is 4.82. The van der Waals surface area contributed by atoms with Crippen molar-refractivity contribution < 1.29 is 8.78 Å². The molecule has 0 unspecified atom stereocenters. The maximum Gasteiger partial charge on any atom is 0.303 e. The van der Waals surface area contributed by atoms with Crippen molar-refractivity contribution in [2.45, 2.75) is 25.3 Å². The van der Waals surface area contributed by atoms with Crippen molar-refractivity contribution in [2.24, 2.45) is 4.99 Å². The Morgan fingerprint density at radius 1 is 1.47 bits per heavy atom. The summed E-state index contributed by atoms with van der Waals surface area (Å²) >= 11 is 5.55. The normalized spacial score (nSPS) is 14.5. The van der Waals surface area contributed by atoms with Crippen molar-refractivity contribution in [3.63, 3.8) is 0 Å². The van der Waals surface area contributed by atoms with Crippen LogP contribution in [-0.2, 0) is 0 Å². The van der Waals surface area contributed by atoms with Crippen molar-refractivity contribution in [1.82, 2.24) is 0 Å². The molecule has 0 aromatic heterocycles. The van der Waals surface area contributed by atoms with Crippen LogP contribution in [-0.4, -0.2) is 11.1 Å². The Balaban J connectivity index is 2.85. The maximum atomic E-state index is 13.4. The second-order valence-electron chi connectivity index (χ2n) is 3.70. The molecule has 0 aliphatic carbocycles. The van der Waals surface area contributed by atoms with Crippen LogP contribution < -0.4 is 0 Å². The molecule has 0 aliphatic heterocycles. The minimum Gasteiger partial charge on any atom is -0.264 e. The van der Waals surface area contributed by atoms with Crippen LogP contribution in [0.25, 0.3) is 0 Å². The number of rotatable bonds is 5. The number of hydrogen-bond acceptors (Lipinski definition) is 1. The van der Waals surface area contributed by atoms with Gasteiger partial charge in [-0.05, 0) is 12.5 Å². The van der Waals surface area contributed by atoms with E-state index in [1.807, 2.05) is 30.3 Å². The molecule has 0 saturated heterocycles. The summed E-state index contributed by atoms with van der Waals surface area (Å²) in [5.74, 6) is -3.13. The first kappa shape index (κ1) is 13.8. The first-order valence-corrected chi connectivity index (χ1v) is 5.62. The minimum absolute atomic E-state index is 0.389. The smallest absolute Gasteiger partial charge is 0.264 e. The van der Waals surface area contributed by atoms with E-state index >= 15 is 0 Å². The first-order valence-electron chi connectivity index (χ1n) is 5.25. The lowest BCUT2D eigenvalue weighted by molar-refractivity contribution is 0.0844. The van der Waals surface area contributed by atoms with Crippen LogP contribution in [0.1, 0.15) is 24.9 Å². The van der Waals surface area contributed by atoms with Crippen LogP contribution in [0.2, 0.25) is 0 Å². The molecule has 0 fully saturated rings. The molecule has 17 heavy (non-hydrogen) atoms. The van der Waals surface area contributed by atoms with E-state index in [9.17, 15) is 8.78 Å². The topological polar surface area (TPSA) is 12.4 Å². The molecule has 0 radical (unpaired) electrons. The summed E-state index contributed by atoms with van der Waals surface area (Å²) in [5, 5.41) is -0.672. The van der Waals surface area contributed by atoms with E-state index in [0.717, 1.165) is 11.6 Å². The summed E-state index contributed by atoms with van der Waals surface area (Å²) in [4.78, 5) is 3.82. The Morgan fingerprint density at radius 3 is 2.59 bits per heavy atom. The van der Waals surface area contributed by atoms with Gasteiger partial charge in [0.2, 0.25) is 0 Å². The Morgan fingerprint density at radius 2 is 2.06 bits per heavy atom. The minimum atomic E-state index is -3.13. The highest BCUT2D eigenvalue weighted by atomic mass is 35.5. The predicted molar refractivity (Wildman–Crippen MR) is 67.9 cm³/mol. The van der Waals surface area contributed by atoms with Gasteiger partial charge in [0.15, 0.2) is 5.17 Å². The predicted octanol–water partition coefficient (Wildman–Crippen LogP) is 4.60. The third kappa shape index (κ3) is 3.93. The van der Waals surface area contributed by atoms with Gasteiger partial charge >= 0.3 is 5.92 Å². The highest BCUT2D eigenvalue weighted by molar-refractivity contribution is 6.67. The number of aliphatic imine (C=N–C) groups is 1. The van der Waals surface area contributed by atoms with Gasteiger partial charge in [-0.3, -0.25) is 4.99 Å². The molecule has 1 aromatic rings. The number of hydrogen-bond donors (Lipinski definition) is 0. The third-order valence-electron chi connectivity index (χ3n) is 2.29. The average Bonchev–Trinajstić information content (AvgIpc) is 2.30. The number of benzene rings is 1. The highest BCUT2D eigenvalue weighted by Gasteiger charge is 2.33. The lowest BCUT2D eigenvalue weighted by Crippen LogP contribution is -2.24. The van der Waals surface area contributed by atoms with Crippen molar-refractivity contribution >= 4 is 16.8 Å². The van der Waals surface area contributed by atoms with Gasteiger partial charge in [0.05, 0.1) is 6.04 Å². The number of allylic oxidation sites excluding steroid dienone is 1. The molecule has 1 nitrogen and oxygen atoms in total. The van der Waals surface area contributed by atoms with Crippen LogP contribution in [0, 0.1) is 0 Å². The third-order valence-corrected chi connectivity index (χ3v) is 2.67. The molecule has 1 aromatic carbocycles. The van der Waals surface area contributed by atoms with E-state index < -0.39 is 17.5 Å². The van der Waals surface area contributed by atoms with E-state index in [1.165, 1.54) is 0 Å². The van der Waals surface area contributed by atoms with E-state index in [2.05, 4.69) is 11.6 Å². The molecule has 92 valence electrons. The quantitative estimate of drug-likeness (QED) is 0.540. The van der Waals surface area contributed by atoms with Crippen molar-refractivity contribution in [2.75, 3.05) is 0 Å². The van der Waals surface area contributed by atoms with Gasteiger partial charge < -0.3 is 0 Å². The maximum absolute atomic E-state index is 13.4. The van der Waals surface area contributed by atoms with Crippen molar-refractivity contribution in [1.29, 1.82) is 0 Å². The largest absolute Gasteiger partial charge is 0.303 e. The zero-order chi connectivity index (χ0) is 12.9. The highest BCUT2D eigenvalue weighted by Crippen LogP contribution is 2.26. The molecular formula is C13H14ClF2N. The molecule has 4 heteroatoms. The zero-order valence-electron chi connectivity index (χ0n) is 9.54. The standard InChI is InChI=1S/C13H14ClF2N/c1-3-9-13(15,16)12(14)17-10(2)11-7-5-4-6-8-11/h3-8,10H,1,9H2,2H3/t10-/m0/s1. The summed E-state index contributed by atoms with van der Waals surface area (Å²) in [6.45, 7) is 5.00. The van der Waals surface area contributed by atoms with Crippen LogP contribution in [0.15, 0.2) is 48.0 Å². The van der Waals surface area contributed by atoms with Crippen molar-refractivity contribution in [3.8, 4) is 0 Å². The van der Waals surface area contributed by atoms with Crippen molar-refractivity contribution in [3.05, 3.63) is 48.6 Å². The van der Waals surface area contributed by atoms with Gasteiger partial charge in [-0.1, -0.05) is 48.0 Å². The van der Waals surface area contributed by atoms with Gasteiger partial charge in [0.25, 0.3) is 0 Å². The Bertz CT molecular complexity index is 401. The summed E-state index contributed by atoms with van der Waals surface area (Å²) in [5.41, 5.74) is 0.847. The first-order chi connectivity index (χ1) is 7.97. The SMILES string of the molecule is C=CCC(F)(F)C(Cl)=N[C@@H](C)c1ccccc1. The number of nitrogens with zero attached hydrogens (tertiary/aromatic N) is 1. The van der Waals surface area contributed by atoms with Crippen LogP contribution >= 0.6 is 11.6 Å². The Labute approximate surface area is 105 Å². The molecule has 0 N–H and O–H groups in total. The zero-order valence-corrected chi connectivity index (χ0v) is 10.3. The van der Waals surface area contributed by atoms with Gasteiger partial charge in [0, 0.05) is 6.42 Å². The summed E-state index contributed by atoms with van der Waals surface area (Å²) in [7, 11) is 0. The average molecular weight is 258 g/mol. The lowest BCUT2D eigenvalue weighted by atomic mass is 10.1. The monoisotopic (exact) mass is 257 g/mol. The molecule has 0 bridgehead atoms. The molecule has 0 heterocycles. The van der Waals surface area contributed by atoms with Gasteiger partial charge in [-0.15, -0.1) is 6.58 Å². The summed E-state index contributed by atoms with van der Waals surface area (Å²) < 4.78 is 26.7. The summed E-state index contributed by atoms with van der Waals surface area (Å²) in [6.07, 6.45) is 0.627. The van der Waals surface area contributed by atoms with Crippen LogP contribution in [0.3, 0.4) is 0 Å². The molecule has 0 aliphatic rings. The van der Waals surface area contributed by atoms with Crippen LogP contribution in [0.5, 0.6) is 0 Å². The second-order valence-corrected chi connectivity index (χ2v) is 4.06. The molecular weight excluding hydrogens is 244 g/mol. The van der Waals surface area contributed by atoms with E-state index in [1.54, 1.807) is 6.92 Å². The molecule has 0 saturated carbocycles. The van der Waals surface area contributed by atoms with Gasteiger partial charge in [0.1, 0.15) is 0 Å². The fourth-order valence-corrected chi connectivity index (χ4v) is 1.56. The lowest BCUT2D eigenvalue weighted by Gasteiger charge is -2.14. The van der Waals surface area contributed by atoms with Gasteiger partial charge in [-0.2, -0.15) is 8.78 Å². The molecule has 0 spiro atoms. The fourth-order valence-electron chi connectivity index (χ4n) is 1.34. The van der Waals surface area contributed by atoms with E-state index in [-0.39, 0.29) is 6.04 Å². The second kappa shape index (κ2) is 5.92. The fraction of sp³-hybridized carbons (Fsp3) is 0.308. The van der Waals surface area contributed by atoms with E-state index in [4.69, 9.17) is 11.6 Å². The number of alkyl halides is 2. The summed E-state index contributed by atoms with van der Waals surface area (Å²) in [6, 6.07) is 8.77.